The van der Waals surface area contributed by atoms with Gasteiger partial charge in [-0.1, -0.05) is 0 Å². The summed E-state index contributed by atoms with van der Waals surface area (Å²) in [4.78, 5) is 4.78. The summed E-state index contributed by atoms with van der Waals surface area (Å²) in [5.41, 5.74) is 0. The average molecular weight is 383 g/mol. The summed E-state index contributed by atoms with van der Waals surface area (Å²) >= 11 is 1.61. The molecule has 0 fully saturated rings. The van der Waals surface area contributed by atoms with Gasteiger partial charge in [0, 0.05) is 0 Å². The summed E-state index contributed by atoms with van der Waals surface area (Å²) < 4.78 is 1.59. The normalized spacial score (nSPS) is 11.3. The Kier molecular flexibility index (Phi) is 9.93. The minimum absolute atomic E-state index is 1.06. The van der Waals surface area contributed by atoms with E-state index >= 15 is 0 Å². The fraction of sp³-hybridized carbons (Fsp3) is 0.909. The van der Waals surface area contributed by atoms with E-state index in [1.54, 1.807) is 23.3 Å². The first-order chi connectivity index (χ1) is 7.10. The molecule has 0 saturated carbocycles. The second-order valence-electron chi connectivity index (χ2n) is 4.06. The van der Waals surface area contributed by atoms with Crippen LogP contribution in [0.25, 0.3) is 0 Å². The molecule has 0 aromatic rings. The van der Waals surface area contributed by atoms with E-state index in [0.717, 1.165) is 19.6 Å². The Labute approximate surface area is 106 Å². The fourth-order valence-corrected chi connectivity index (χ4v) is 2.71. The number of nitrogens with one attached hydrogen (secondary N) is 1. The molecule has 0 spiro atoms. The van der Waals surface area contributed by atoms with E-state index in [0.29, 0.717) is 0 Å². The van der Waals surface area contributed by atoms with Gasteiger partial charge in [-0.05, 0) is 0 Å². The van der Waals surface area contributed by atoms with Crippen molar-refractivity contribution in [1.29, 1.82) is 0 Å². The van der Waals surface area contributed by atoms with Crippen LogP contribution in [0.4, 0.5) is 0 Å². The summed E-state index contributed by atoms with van der Waals surface area (Å²) in [5, 5.41) is 3.21. The van der Waals surface area contributed by atoms with Crippen LogP contribution >= 0.6 is 0 Å². The first-order valence-electron chi connectivity index (χ1n) is 5.63. The van der Waals surface area contributed by atoms with Gasteiger partial charge < -0.3 is 0 Å². The van der Waals surface area contributed by atoms with Gasteiger partial charge in [0.15, 0.2) is 0 Å². The molecule has 0 amide bonds. The van der Waals surface area contributed by atoms with E-state index < -0.39 is 0 Å². The van der Waals surface area contributed by atoms with Crippen molar-refractivity contribution >= 4 is 3.90 Å². The van der Waals surface area contributed by atoms with Crippen molar-refractivity contribution in [1.82, 2.24) is 15.1 Å². The van der Waals surface area contributed by atoms with E-state index in [4.69, 9.17) is 0 Å². The molecular formula is C11H25N3W. The van der Waals surface area contributed by atoms with Crippen LogP contribution < -0.4 is 5.32 Å². The Hall–Kier alpha value is 0.438. The van der Waals surface area contributed by atoms with Crippen LogP contribution in [0.2, 0.25) is 0 Å². The molecule has 90 valence electrons. The molecule has 4 heteroatoms. The molecule has 0 aromatic carbocycles. The van der Waals surface area contributed by atoms with Crippen LogP contribution in [0, 0.1) is 0 Å². The summed E-state index contributed by atoms with van der Waals surface area (Å²) in [6.07, 6.45) is 1.27. The van der Waals surface area contributed by atoms with Crippen LogP contribution in [-0.4, -0.2) is 67.6 Å². The zero-order valence-electron chi connectivity index (χ0n) is 10.5. The van der Waals surface area contributed by atoms with Crippen molar-refractivity contribution in [3.63, 3.8) is 0 Å². The number of nitrogens with zero attached hydrogens (tertiary/aromatic N) is 2. The molecule has 0 aromatic heterocycles. The predicted octanol–water partition coefficient (Wildman–Crippen LogP) is 0.199. The van der Waals surface area contributed by atoms with Gasteiger partial charge in [-0.3, -0.25) is 0 Å². The van der Waals surface area contributed by atoms with E-state index in [9.17, 15) is 0 Å². The van der Waals surface area contributed by atoms with Crippen molar-refractivity contribution < 1.29 is 19.4 Å². The third-order valence-corrected chi connectivity index (χ3v) is 3.42. The average Bonchev–Trinajstić information content (AvgIpc) is 2.17. The summed E-state index contributed by atoms with van der Waals surface area (Å²) in [6, 6.07) is 0. The van der Waals surface area contributed by atoms with Gasteiger partial charge in [0.25, 0.3) is 0 Å². The van der Waals surface area contributed by atoms with Crippen LogP contribution in [-0.2, 0) is 19.4 Å². The van der Waals surface area contributed by atoms with E-state index in [1.165, 1.54) is 19.5 Å². The van der Waals surface area contributed by atoms with Gasteiger partial charge in [-0.15, -0.1) is 0 Å². The quantitative estimate of drug-likeness (QED) is 0.614. The standard InChI is InChI=1S/C11H25N3.W/c1-5-13(3)10-7-11-14(4)9-6-8-12-2;/h12H,5,7-11H2,1-4H3;. The molecule has 0 heterocycles. The second-order valence-corrected chi connectivity index (χ2v) is 6.13. The van der Waals surface area contributed by atoms with Crippen molar-refractivity contribution in [2.45, 2.75) is 13.3 Å². The molecule has 0 aliphatic heterocycles. The Morgan fingerprint density at radius 2 is 1.80 bits per heavy atom. The van der Waals surface area contributed by atoms with Crippen molar-refractivity contribution in [2.24, 2.45) is 0 Å². The summed E-state index contributed by atoms with van der Waals surface area (Å²) in [5.74, 6) is 0. The molecule has 0 rings (SSSR count). The summed E-state index contributed by atoms with van der Waals surface area (Å²) in [7, 11) is 6.41. The van der Waals surface area contributed by atoms with Crippen molar-refractivity contribution in [2.75, 3.05) is 53.9 Å². The molecule has 0 aliphatic rings. The van der Waals surface area contributed by atoms with Crippen LogP contribution in [0.3, 0.4) is 0 Å². The molecule has 0 bridgehead atoms. The summed E-state index contributed by atoms with van der Waals surface area (Å²) in [6.45, 7) is 7.97. The molecule has 0 saturated heterocycles. The van der Waals surface area contributed by atoms with Gasteiger partial charge >= 0.3 is 106 Å². The molecule has 1 N–H and O–H groups in total. The minimum atomic E-state index is 1.06. The molecule has 3 nitrogen and oxygen atoms in total. The molecule has 0 aliphatic carbocycles. The van der Waals surface area contributed by atoms with Crippen LogP contribution in [0.1, 0.15) is 13.3 Å². The Balaban J connectivity index is 3.48. The first-order valence-corrected chi connectivity index (χ1v) is 7.10. The zero-order chi connectivity index (χ0) is 11.7. The number of rotatable bonds is 9. The van der Waals surface area contributed by atoms with E-state index in [-0.39, 0.29) is 0 Å². The molecule has 0 radical (unpaired) electrons. The molecule has 0 unspecified atom stereocenters. The Morgan fingerprint density at radius 3 is 2.33 bits per heavy atom. The maximum absolute atomic E-state index is 3.21. The van der Waals surface area contributed by atoms with Gasteiger partial charge in [0.05, 0.1) is 0 Å². The number of hydrogen-bond acceptors (Lipinski definition) is 3. The maximum atomic E-state index is 3.21. The predicted molar refractivity (Wildman–Crippen MR) is 64.2 cm³/mol. The van der Waals surface area contributed by atoms with Gasteiger partial charge in [0.1, 0.15) is 0 Å². The van der Waals surface area contributed by atoms with Crippen molar-refractivity contribution in [3.05, 3.63) is 0 Å². The fourth-order valence-electron chi connectivity index (χ4n) is 1.40. The molecular weight excluding hydrogens is 358 g/mol. The third-order valence-electron chi connectivity index (χ3n) is 2.44. The van der Waals surface area contributed by atoms with Crippen LogP contribution in [0.5, 0.6) is 0 Å². The van der Waals surface area contributed by atoms with Crippen molar-refractivity contribution in [3.8, 4) is 0 Å². The zero-order valence-corrected chi connectivity index (χ0v) is 13.5. The third kappa shape index (κ3) is 9.37. The molecule has 0 atom stereocenters. The Bertz CT molecular complexity index is 173. The molecule has 15 heavy (non-hydrogen) atoms. The monoisotopic (exact) mass is 383 g/mol. The van der Waals surface area contributed by atoms with Gasteiger partial charge in [-0.25, -0.2) is 0 Å². The topological polar surface area (TPSA) is 18.5 Å². The Morgan fingerprint density at radius 1 is 1.20 bits per heavy atom. The van der Waals surface area contributed by atoms with Gasteiger partial charge in [-0.2, -0.15) is 0 Å². The second kappa shape index (κ2) is 9.65. The van der Waals surface area contributed by atoms with Gasteiger partial charge in [0.2, 0.25) is 0 Å². The van der Waals surface area contributed by atoms with E-state index in [1.807, 2.05) is 7.05 Å². The van der Waals surface area contributed by atoms with Crippen LogP contribution in [0.15, 0.2) is 0 Å². The number of hydrogen-bond donors (Lipinski definition) is 1. The van der Waals surface area contributed by atoms with E-state index in [2.05, 4.69) is 36.1 Å². The SMILES string of the molecule is CCN(C)CCCN(C)C[C](=[W])CNC. The first kappa shape index (κ1) is 15.4.